The summed E-state index contributed by atoms with van der Waals surface area (Å²) >= 11 is 5.85. The first-order chi connectivity index (χ1) is 8.56. The van der Waals surface area contributed by atoms with Crippen LogP contribution in [0.1, 0.15) is 17.4 Å². The molecule has 0 amide bonds. The molecular formula is C13H10ClF2NO. The molecule has 94 valence electrons. The molecule has 0 radical (unpaired) electrons. The molecule has 1 heterocycles. The number of rotatable bonds is 3. The molecule has 0 aliphatic carbocycles. The van der Waals surface area contributed by atoms with E-state index in [1.165, 1.54) is 30.3 Å². The summed E-state index contributed by atoms with van der Waals surface area (Å²) < 4.78 is 25.5. The molecule has 2 rings (SSSR count). The van der Waals surface area contributed by atoms with Crippen LogP contribution in [0.4, 0.5) is 8.78 Å². The number of hydrogen-bond acceptors (Lipinski definition) is 2. The molecule has 0 fully saturated rings. The van der Waals surface area contributed by atoms with Crippen molar-refractivity contribution in [3.8, 4) is 0 Å². The number of hydrogen-bond donors (Lipinski definition) is 1. The fraction of sp³-hybridized carbons (Fsp3) is 0.154. The molecule has 1 atom stereocenters. The molecule has 1 aromatic heterocycles. The smallest absolute Gasteiger partial charge is 0.141 e. The Hall–Kier alpha value is -1.52. The topological polar surface area (TPSA) is 33.1 Å². The molecule has 0 spiro atoms. The lowest BCUT2D eigenvalue weighted by molar-refractivity contribution is 0.173. The van der Waals surface area contributed by atoms with Crippen LogP contribution in [0.15, 0.2) is 36.5 Å². The van der Waals surface area contributed by atoms with Gasteiger partial charge in [-0.2, -0.15) is 0 Å². The zero-order valence-electron chi connectivity index (χ0n) is 9.28. The normalized spacial score (nSPS) is 12.4. The number of aliphatic hydroxyl groups excluding tert-OH is 1. The van der Waals surface area contributed by atoms with Gasteiger partial charge in [-0.15, -0.1) is 0 Å². The van der Waals surface area contributed by atoms with Crippen molar-refractivity contribution in [2.24, 2.45) is 0 Å². The van der Waals surface area contributed by atoms with Gasteiger partial charge in [0.05, 0.1) is 18.0 Å². The summed E-state index contributed by atoms with van der Waals surface area (Å²) in [4.78, 5) is 3.78. The third-order valence-electron chi connectivity index (χ3n) is 2.52. The highest BCUT2D eigenvalue weighted by Gasteiger charge is 2.12. The van der Waals surface area contributed by atoms with Gasteiger partial charge in [0.1, 0.15) is 11.6 Å². The van der Waals surface area contributed by atoms with Crippen LogP contribution in [0.25, 0.3) is 0 Å². The van der Waals surface area contributed by atoms with Crippen LogP contribution in [-0.4, -0.2) is 10.1 Å². The minimum atomic E-state index is -0.909. The Bertz CT molecular complexity index is 545. The Morgan fingerprint density at radius 3 is 2.50 bits per heavy atom. The van der Waals surface area contributed by atoms with E-state index in [2.05, 4.69) is 4.98 Å². The Labute approximate surface area is 108 Å². The van der Waals surface area contributed by atoms with E-state index in [0.29, 0.717) is 11.3 Å². The van der Waals surface area contributed by atoms with Gasteiger partial charge in [-0.3, -0.25) is 4.98 Å². The molecule has 0 bridgehead atoms. The average Bonchev–Trinajstić information content (AvgIpc) is 2.33. The summed E-state index contributed by atoms with van der Waals surface area (Å²) in [6.45, 7) is 0. The molecule has 1 N–H and O–H groups in total. The first-order valence-corrected chi connectivity index (χ1v) is 5.67. The van der Waals surface area contributed by atoms with Gasteiger partial charge in [-0.25, -0.2) is 8.78 Å². The van der Waals surface area contributed by atoms with Gasteiger partial charge in [0.2, 0.25) is 0 Å². The lowest BCUT2D eigenvalue weighted by Crippen LogP contribution is -2.04. The van der Waals surface area contributed by atoms with Crippen LogP contribution >= 0.6 is 11.6 Å². The average molecular weight is 270 g/mol. The molecule has 0 aliphatic heterocycles. The van der Waals surface area contributed by atoms with Gasteiger partial charge in [0, 0.05) is 11.4 Å². The molecule has 0 saturated carbocycles. The molecule has 1 unspecified atom stereocenters. The Morgan fingerprint density at radius 1 is 1.17 bits per heavy atom. The molecule has 0 aliphatic rings. The van der Waals surface area contributed by atoms with E-state index in [1.807, 2.05) is 0 Å². The van der Waals surface area contributed by atoms with Crippen LogP contribution in [0.3, 0.4) is 0 Å². The number of benzene rings is 1. The predicted molar refractivity (Wildman–Crippen MR) is 64.3 cm³/mol. The van der Waals surface area contributed by atoms with Crippen LogP contribution < -0.4 is 0 Å². The van der Waals surface area contributed by atoms with Crippen molar-refractivity contribution in [1.82, 2.24) is 4.98 Å². The highest BCUT2D eigenvalue weighted by Crippen LogP contribution is 2.23. The molecule has 2 aromatic rings. The molecule has 2 nitrogen and oxygen atoms in total. The Balaban J connectivity index is 2.15. The summed E-state index contributed by atoms with van der Waals surface area (Å²) in [5.41, 5.74) is 0.952. The maximum atomic E-state index is 12.9. The molecule has 5 heteroatoms. The van der Waals surface area contributed by atoms with Crippen molar-refractivity contribution in [2.75, 3.05) is 0 Å². The highest BCUT2D eigenvalue weighted by molar-refractivity contribution is 6.31. The fourth-order valence-corrected chi connectivity index (χ4v) is 1.83. The quantitative estimate of drug-likeness (QED) is 0.927. The van der Waals surface area contributed by atoms with Crippen LogP contribution in [0.5, 0.6) is 0 Å². The van der Waals surface area contributed by atoms with Crippen molar-refractivity contribution < 1.29 is 13.9 Å². The number of halogens is 3. The van der Waals surface area contributed by atoms with Crippen molar-refractivity contribution >= 4 is 11.6 Å². The standard InChI is InChI=1S/C13H10ClF2NO/c14-11-6-9(15)2-1-8(11)5-13(18)12-4-3-10(16)7-17-12/h1-4,6-7,13,18H,5H2. The SMILES string of the molecule is OC(Cc1ccc(F)cc1Cl)c1ccc(F)cn1. The van der Waals surface area contributed by atoms with Crippen LogP contribution in [0.2, 0.25) is 5.02 Å². The number of nitrogens with zero attached hydrogens (tertiary/aromatic N) is 1. The first-order valence-electron chi connectivity index (χ1n) is 5.29. The number of aliphatic hydroxyl groups is 1. The van der Waals surface area contributed by atoms with Crippen LogP contribution in [-0.2, 0) is 6.42 Å². The Kier molecular flexibility index (Phi) is 3.89. The van der Waals surface area contributed by atoms with Gasteiger partial charge < -0.3 is 5.11 Å². The lowest BCUT2D eigenvalue weighted by Gasteiger charge is -2.11. The van der Waals surface area contributed by atoms with E-state index in [0.717, 1.165) is 6.20 Å². The van der Waals surface area contributed by atoms with Gasteiger partial charge >= 0.3 is 0 Å². The second kappa shape index (κ2) is 5.42. The third-order valence-corrected chi connectivity index (χ3v) is 2.87. The van der Waals surface area contributed by atoms with Gasteiger partial charge in [0.25, 0.3) is 0 Å². The van der Waals surface area contributed by atoms with Gasteiger partial charge in [-0.1, -0.05) is 17.7 Å². The Morgan fingerprint density at radius 2 is 1.89 bits per heavy atom. The van der Waals surface area contributed by atoms with E-state index in [4.69, 9.17) is 11.6 Å². The van der Waals surface area contributed by atoms with Gasteiger partial charge in [-0.05, 0) is 29.8 Å². The largest absolute Gasteiger partial charge is 0.386 e. The van der Waals surface area contributed by atoms with E-state index in [9.17, 15) is 13.9 Å². The lowest BCUT2D eigenvalue weighted by atomic mass is 10.1. The molecule has 18 heavy (non-hydrogen) atoms. The monoisotopic (exact) mass is 269 g/mol. The first kappa shape index (κ1) is 12.9. The van der Waals surface area contributed by atoms with Crippen LogP contribution in [0, 0.1) is 11.6 Å². The maximum absolute atomic E-state index is 12.9. The molecular weight excluding hydrogens is 260 g/mol. The van der Waals surface area contributed by atoms with Crippen molar-refractivity contribution in [3.63, 3.8) is 0 Å². The summed E-state index contributed by atoms with van der Waals surface area (Å²) in [7, 11) is 0. The van der Waals surface area contributed by atoms with E-state index >= 15 is 0 Å². The summed E-state index contributed by atoms with van der Waals surface area (Å²) in [6, 6.07) is 6.58. The second-order valence-electron chi connectivity index (χ2n) is 3.86. The van der Waals surface area contributed by atoms with E-state index in [1.54, 1.807) is 0 Å². The third kappa shape index (κ3) is 3.03. The minimum Gasteiger partial charge on any atom is -0.386 e. The van der Waals surface area contributed by atoms with Crippen molar-refractivity contribution in [3.05, 3.63) is 64.4 Å². The van der Waals surface area contributed by atoms with E-state index in [-0.39, 0.29) is 11.4 Å². The molecule has 0 saturated heterocycles. The zero-order valence-corrected chi connectivity index (χ0v) is 10.0. The van der Waals surface area contributed by atoms with Crippen molar-refractivity contribution in [2.45, 2.75) is 12.5 Å². The summed E-state index contributed by atoms with van der Waals surface area (Å²) in [6.07, 6.45) is 0.316. The highest BCUT2D eigenvalue weighted by atomic mass is 35.5. The minimum absolute atomic E-state index is 0.192. The molecule has 1 aromatic carbocycles. The fourth-order valence-electron chi connectivity index (χ4n) is 1.58. The maximum Gasteiger partial charge on any atom is 0.141 e. The van der Waals surface area contributed by atoms with Gasteiger partial charge in [0.15, 0.2) is 0 Å². The summed E-state index contributed by atoms with van der Waals surface area (Å²) in [5, 5.41) is 10.2. The second-order valence-corrected chi connectivity index (χ2v) is 4.26. The summed E-state index contributed by atoms with van der Waals surface area (Å²) in [5.74, 6) is -0.899. The number of pyridine rings is 1. The predicted octanol–water partition coefficient (Wildman–Crippen LogP) is 3.29. The number of aromatic nitrogens is 1. The zero-order chi connectivity index (χ0) is 13.1. The van der Waals surface area contributed by atoms with E-state index < -0.39 is 17.7 Å². The van der Waals surface area contributed by atoms with Crippen molar-refractivity contribution in [1.29, 1.82) is 0 Å².